The summed E-state index contributed by atoms with van der Waals surface area (Å²) in [6.45, 7) is 1.76. The highest BCUT2D eigenvalue weighted by molar-refractivity contribution is 8.19. The Morgan fingerprint density at radius 3 is 2.58 bits per heavy atom. The van der Waals surface area contributed by atoms with Crippen LogP contribution in [-0.2, 0) is 9.59 Å². The van der Waals surface area contributed by atoms with Gasteiger partial charge in [-0.2, -0.15) is 0 Å². The highest BCUT2D eigenvalue weighted by Gasteiger charge is 2.36. The standard InChI is InChI=1S/C25H19ClN2O4S/c1-16-9-11-19(12-10-16)27-23(29)15-32-21-8-3-2-5-17(21)13-22-24(30)28(25(31)33-22)20-7-4-6-18(26)14-20/h2-14H,15H2,1H3,(H,27,29)/b22-13+. The number of para-hydroxylation sites is 1. The van der Waals surface area contributed by atoms with Gasteiger partial charge in [-0.3, -0.25) is 14.4 Å². The molecule has 1 saturated heterocycles. The van der Waals surface area contributed by atoms with E-state index >= 15 is 0 Å². The van der Waals surface area contributed by atoms with Crippen molar-refractivity contribution in [1.82, 2.24) is 0 Å². The number of carbonyl (C=O) groups excluding carboxylic acids is 3. The first-order chi connectivity index (χ1) is 15.9. The van der Waals surface area contributed by atoms with Gasteiger partial charge < -0.3 is 10.1 Å². The summed E-state index contributed by atoms with van der Waals surface area (Å²) in [6, 6.07) is 21.0. The largest absolute Gasteiger partial charge is 0.483 e. The number of nitrogens with one attached hydrogen (secondary N) is 1. The van der Waals surface area contributed by atoms with E-state index in [1.54, 1.807) is 54.6 Å². The van der Waals surface area contributed by atoms with Crippen molar-refractivity contribution in [1.29, 1.82) is 0 Å². The highest BCUT2D eigenvalue weighted by Crippen LogP contribution is 2.37. The van der Waals surface area contributed by atoms with Gasteiger partial charge in [-0.15, -0.1) is 0 Å². The monoisotopic (exact) mass is 478 g/mol. The van der Waals surface area contributed by atoms with Crippen LogP contribution >= 0.6 is 23.4 Å². The zero-order chi connectivity index (χ0) is 23.4. The fourth-order valence-corrected chi connectivity index (χ4v) is 4.17. The summed E-state index contributed by atoms with van der Waals surface area (Å²) in [5.41, 5.74) is 2.76. The Morgan fingerprint density at radius 1 is 1.06 bits per heavy atom. The zero-order valence-electron chi connectivity index (χ0n) is 17.6. The average Bonchev–Trinajstić information content (AvgIpc) is 3.07. The van der Waals surface area contributed by atoms with Crippen molar-refractivity contribution in [2.75, 3.05) is 16.8 Å². The average molecular weight is 479 g/mol. The first-order valence-corrected chi connectivity index (χ1v) is 11.2. The van der Waals surface area contributed by atoms with E-state index in [-0.39, 0.29) is 17.4 Å². The molecular weight excluding hydrogens is 460 g/mol. The molecule has 0 unspecified atom stereocenters. The molecule has 3 aromatic carbocycles. The van der Waals surface area contributed by atoms with E-state index in [1.165, 1.54) is 0 Å². The van der Waals surface area contributed by atoms with Gasteiger partial charge in [0.15, 0.2) is 6.61 Å². The maximum Gasteiger partial charge on any atom is 0.298 e. The maximum atomic E-state index is 12.9. The number of aryl methyl sites for hydroxylation is 1. The summed E-state index contributed by atoms with van der Waals surface area (Å²) in [6.07, 6.45) is 1.59. The molecule has 8 heteroatoms. The van der Waals surface area contributed by atoms with Gasteiger partial charge in [-0.05, 0) is 61.2 Å². The van der Waals surface area contributed by atoms with Crippen molar-refractivity contribution in [3.63, 3.8) is 0 Å². The highest BCUT2D eigenvalue weighted by atomic mass is 35.5. The molecule has 166 valence electrons. The molecule has 0 aliphatic carbocycles. The van der Waals surface area contributed by atoms with Crippen molar-refractivity contribution >= 4 is 57.9 Å². The second-order valence-electron chi connectivity index (χ2n) is 7.24. The van der Waals surface area contributed by atoms with Crippen LogP contribution in [0.5, 0.6) is 5.75 Å². The van der Waals surface area contributed by atoms with Crippen molar-refractivity contribution < 1.29 is 19.1 Å². The third kappa shape index (κ3) is 5.45. The van der Waals surface area contributed by atoms with E-state index in [2.05, 4.69) is 5.32 Å². The van der Waals surface area contributed by atoms with E-state index in [1.807, 2.05) is 31.2 Å². The van der Waals surface area contributed by atoms with E-state index in [9.17, 15) is 14.4 Å². The maximum absolute atomic E-state index is 12.9. The molecule has 0 aromatic heterocycles. The number of hydrogen-bond donors (Lipinski definition) is 1. The predicted molar refractivity (Wildman–Crippen MR) is 132 cm³/mol. The Labute approximate surface area is 200 Å². The second kappa shape index (κ2) is 9.94. The van der Waals surface area contributed by atoms with Gasteiger partial charge >= 0.3 is 0 Å². The van der Waals surface area contributed by atoms with Gasteiger partial charge in [-0.25, -0.2) is 4.90 Å². The Balaban J connectivity index is 1.48. The molecule has 1 N–H and O–H groups in total. The normalized spacial score (nSPS) is 14.6. The molecule has 0 atom stereocenters. The van der Waals surface area contributed by atoms with Crippen LogP contribution in [-0.4, -0.2) is 23.7 Å². The number of nitrogens with zero attached hydrogens (tertiary/aromatic N) is 1. The Bertz CT molecular complexity index is 1260. The van der Waals surface area contributed by atoms with Gasteiger partial charge in [0.25, 0.3) is 17.1 Å². The van der Waals surface area contributed by atoms with Gasteiger partial charge in [-0.1, -0.05) is 53.6 Å². The lowest BCUT2D eigenvalue weighted by atomic mass is 10.2. The smallest absolute Gasteiger partial charge is 0.298 e. The number of ether oxygens (including phenoxy) is 1. The molecule has 1 aliphatic heterocycles. The van der Waals surface area contributed by atoms with E-state index in [0.29, 0.717) is 27.7 Å². The van der Waals surface area contributed by atoms with Crippen molar-refractivity contribution in [3.05, 3.63) is 93.9 Å². The summed E-state index contributed by atoms with van der Waals surface area (Å²) < 4.78 is 5.70. The quantitative estimate of drug-likeness (QED) is 0.446. The molecule has 1 heterocycles. The number of amides is 3. The number of imide groups is 1. The molecular formula is C25H19ClN2O4S. The van der Waals surface area contributed by atoms with E-state index < -0.39 is 11.1 Å². The third-order valence-corrected chi connectivity index (χ3v) is 5.86. The van der Waals surface area contributed by atoms with Crippen LogP contribution in [0, 0.1) is 6.92 Å². The fourth-order valence-electron chi connectivity index (χ4n) is 3.16. The van der Waals surface area contributed by atoms with E-state index in [4.69, 9.17) is 16.3 Å². The molecule has 6 nitrogen and oxygen atoms in total. The van der Waals surface area contributed by atoms with Crippen LogP contribution in [0.3, 0.4) is 0 Å². The van der Waals surface area contributed by atoms with Gasteiger partial charge in [0, 0.05) is 16.3 Å². The summed E-state index contributed by atoms with van der Waals surface area (Å²) in [5.74, 6) is -0.333. The van der Waals surface area contributed by atoms with Gasteiger partial charge in [0.05, 0.1) is 10.6 Å². The predicted octanol–water partition coefficient (Wildman–Crippen LogP) is 5.91. The van der Waals surface area contributed by atoms with Crippen LogP contribution in [0.15, 0.2) is 77.7 Å². The Morgan fingerprint density at radius 2 is 1.82 bits per heavy atom. The minimum absolute atomic E-state index is 0.206. The van der Waals surface area contributed by atoms with Crippen molar-refractivity contribution in [3.8, 4) is 5.75 Å². The van der Waals surface area contributed by atoms with Gasteiger partial charge in [0.1, 0.15) is 5.75 Å². The Hall–Kier alpha value is -3.55. The molecule has 3 aromatic rings. The zero-order valence-corrected chi connectivity index (χ0v) is 19.2. The number of anilines is 2. The minimum Gasteiger partial charge on any atom is -0.483 e. The van der Waals surface area contributed by atoms with Crippen LogP contribution in [0.25, 0.3) is 6.08 Å². The van der Waals surface area contributed by atoms with Crippen molar-refractivity contribution in [2.24, 2.45) is 0 Å². The lowest BCUT2D eigenvalue weighted by Gasteiger charge is -2.12. The summed E-state index contributed by atoms with van der Waals surface area (Å²) in [7, 11) is 0. The van der Waals surface area contributed by atoms with Crippen molar-refractivity contribution in [2.45, 2.75) is 6.92 Å². The molecule has 0 bridgehead atoms. The lowest BCUT2D eigenvalue weighted by molar-refractivity contribution is -0.118. The molecule has 4 rings (SSSR count). The minimum atomic E-state index is -0.445. The summed E-state index contributed by atoms with van der Waals surface area (Å²) in [5, 5.41) is 2.79. The Kier molecular flexibility index (Phi) is 6.82. The molecule has 0 spiro atoms. The lowest BCUT2D eigenvalue weighted by Crippen LogP contribution is -2.27. The first-order valence-electron chi connectivity index (χ1n) is 10.0. The molecule has 33 heavy (non-hydrogen) atoms. The molecule has 1 aliphatic rings. The number of thioether (sulfide) groups is 1. The van der Waals surface area contributed by atoms with Crippen LogP contribution in [0.4, 0.5) is 16.2 Å². The summed E-state index contributed by atoms with van der Waals surface area (Å²) in [4.78, 5) is 39.0. The number of halogens is 1. The number of carbonyl (C=O) groups is 3. The van der Waals surface area contributed by atoms with Crippen LogP contribution in [0.2, 0.25) is 5.02 Å². The topological polar surface area (TPSA) is 75.7 Å². The SMILES string of the molecule is Cc1ccc(NC(=O)COc2ccccc2/C=C2/SC(=O)N(c3cccc(Cl)c3)C2=O)cc1. The number of rotatable bonds is 6. The number of benzene rings is 3. The third-order valence-electron chi connectivity index (χ3n) is 4.76. The molecule has 0 radical (unpaired) electrons. The summed E-state index contributed by atoms with van der Waals surface area (Å²) >= 11 is 6.84. The molecule has 0 saturated carbocycles. The molecule has 1 fully saturated rings. The first kappa shape index (κ1) is 22.6. The number of hydrogen-bond acceptors (Lipinski definition) is 5. The fraction of sp³-hybridized carbons (Fsp3) is 0.0800. The van der Waals surface area contributed by atoms with Crippen LogP contribution in [0.1, 0.15) is 11.1 Å². The van der Waals surface area contributed by atoms with Gasteiger partial charge in [0.2, 0.25) is 0 Å². The second-order valence-corrected chi connectivity index (χ2v) is 8.67. The van der Waals surface area contributed by atoms with E-state index in [0.717, 1.165) is 22.2 Å². The van der Waals surface area contributed by atoms with Crippen LogP contribution < -0.4 is 15.0 Å². The molecule has 3 amide bonds.